The average molecular weight is 522 g/mol. The molecule has 0 spiro atoms. The Labute approximate surface area is 225 Å². The summed E-state index contributed by atoms with van der Waals surface area (Å²) in [6, 6.07) is 16.6. The molecule has 0 atom stereocenters. The molecule has 0 unspecified atom stereocenters. The fourth-order valence-corrected chi connectivity index (χ4v) is 4.17. The van der Waals surface area contributed by atoms with Gasteiger partial charge in [0.15, 0.2) is 17.4 Å². The summed E-state index contributed by atoms with van der Waals surface area (Å²) in [6.07, 6.45) is 7.05. The zero-order valence-corrected chi connectivity index (χ0v) is 21.2. The number of anilines is 1. The van der Waals surface area contributed by atoms with Crippen molar-refractivity contribution in [1.82, 2.24) is 25.3 Å². The van der Waals surface area contributed by atoms with Gasteiger partial charge in [0.05, 0.1) is 36.8 Å². The molecule has 39 heavy (non-hydrogen) atoms. The van der Waals surface area contributed by atoms with Gasteiger partial charge in [-0.15, -0.1) is 5.11 Å². The van der Waals surface area contributed by atoms with E-state index in [2.05, 4.69) is 41.8 Å². The second-order valence-corrected chi connectivity index (χ2v) is 9.03. The van der Waals surface area contributed by atoms with Crippen LogP contribution >= 0.6 is 0 Å². The smallest absolute Gasteiger partial charge is 0.239 e. The lowest BCUT2D eigenvalue weighted by Gasteiger charge is -2.22. The summed E-state index contributed by atoms with van der Waals surface area (Å²) in [5, 5.41) is 19.1. The number of nitrogens with one attached hydrogen (secondary N) is 3. The van der Waals surface area contributed by atoms with E-state index in [-0.39, 0.29) is 11.7 Å². The second-order valence-electron chi connectivity index (χ2n) is 9.03. The standard InChI is InChI=1S/C28H27N9O2/c29-13-20-3-2-6-23(12-20)39-25-17-35-28(37-30)27(36-25)32-14-21-4-1-5-22(11-21)26-33-15-24(16-34-26)38-18-19-7-9-31-10-8-19/h1-6,11-12,15-17,19,30-31H,7-10,14,18H2,(H,32,36). The van der Waals surface area contributed by atoms with Crippen molar-refractivity contribution in [3.8, 4) is 34.8 Å². The summed E-state index contributed by atoms with van der Waals surface area (Å²) >= 11 is 0. The van der Waals surface area contributed by atoms with E-state index in [0.29, 0.717) is 47.8 Å². The molecule has 0 aliphatic carbocycles. The molecular formula is C28H27N9O2. The van der Waals surface area contributed by atoms with E-state index in [1.54, 1.807) is 36.7 Å². The van der Waals surface area contributed by atoms with Gasteiger partial charge in [-0.05, 0) is 61.7 Å². The van der Waals surface area contributed by atoms with Crippen molar-refractivity contribution in [2.24, 2.45) is 11.0 Å². The fourth-order valence-electron chi connectivity index (χ4n) is 4.17. The summed E-state index contributed by atoms with van der Waals surface area (Å²) in [6.45, 7) is 3.16. The van der Waals surface area contributed by atoms with E-state index in [0.717, 1.165) is 37.1 Å². The number of nitriles is 1. The van der Waals surface area contributed by atoms with Gasteiger partial charge in [-0.3, -0.25) is 0 Å². The zero-order chi connectivity index (χ0) is 26.9. The Morgan fingerprint density at radius 1 is 1.03 bits per heavy atom. The highest BCUT2D eigenvalue weighted by molar-refractivity contribution is 5.58. The first-order valence-electron chi connectivity index (χ1n) is 12.6. The van der Waals surface area contributed by atoms with Gasteiger partial charge in [-0.1, -0.05) is 24.3 Å². The highest BCUT2D eigenvalue weighted by atomic mass is 16.5. The molecule has 2 aromatic carbocycles. The molecule has 11 heteroatoms. The Morgan fingerprint density at radius 2 is 1.85 bits per heavy atom. The predicted molar refractivity (Wildman–Crippen MR) is 144 cm³/mol. The number of ether oxygens (including phenoxy) is 2. The summed E-state index contributed by atoms with van der Waals surface area (Å²) in [5.41, 5.74) is 9.73. The number of hydrogen-bond donors (Lipinski definition) is 3. The van der Waals surface area contributed by atoms with Gasteiger partial charge in [0.25, 0.3) is 0 Å². The summed E-state index contributed by atoms with van der Waals surface area (Å²) in [5.74, 6) is 2.93. The van der Waals surface area contributed by atoms with Crippen LogP contribution in [0.2, 0.25) is 0 Å². The Bertz CT molecular complexity index is 1460. The van der Waals surface area contributed by atoms with Gasteiger partial charge < -0.3 is 20.1 Å². The third-order valence-corrected chi connectivity index (χ3v) is 6.24. The maximum Gasteiger partial charge on any atom is 0.239 e. The van der Waals surface area contributed by atoms with Crippen molar-refractivity contribution in [1.29, 1.82) is 10.8 Å². The molecule has 1 saturated heterocycles. The second kappa shape index (κ2) is 12.5. The molecule has 3 N–H and O–H groups in total. The number of rotatable bonds is 10. The number of nitrogens with zero attached hydrogens (tertiary/aromatic N) is 6. The molecule has 196 valence electrons. The number of benzene rings is 2. The van der Waals surface area contributed by atoms with Gasteiger partial charge in [-0.25, -0.2) is 20.5 Å². The number of aromatic nitrogens is 4. The van der Waals surface area contributed by atoms with Crippen LogP contribution in [0.25, 0.3) is 11.4 Å². The minimum absolute atomic E-state index is 0.132. The van der Waals surface area contributed by atoms with Crippen LogP contribution in [0.5, 0.6) is 17.4 Å². The quantitative estimate of drug-likeness (QED) is 0.237. The third kappa shape index (κ3) is 6.88. The fraction of sp³-hybridized carbons (Fsp3) is 0.250. The third-order valence-electron chi connectivity index (χ3n) is 6.24. The zero-order valence-electron chi connectivity index (χ0n) is 21.2. The van der Waals surface area contributed by atoms with Crippen LogP contribution in [-0.2, 0) is 6.54 Å². The summed E-state index contributed by atoms with van der Waals surface area (Å²) < 4.78 is 11.7. The van der Waals surface area contributed by atoms with Crippen molar-refractivity contribution in [3.63, 3.8) is 0 Å². The van der Waals surface area contributed by atoms with Gasteiger partial charge >= 0.3 is 0 Å². The normalized spacial score (nSPS) is 13.3. The summed E-state index contributed by atoms with van der Waals surface area (Å²) in [4.78, 5) is 17.6. The molecule has 0 radical (unpaired) electrons. The lowest BCUT2D eigenvalue weighted by molar-refractivity contribution is 0.214. The van der Waals surface area contributed by atoms with Crippen LogP contribution < -0.4 is 20.1 Å². The molecule has 0 bridgehead atoms. The minimum atomic E-state index is 0.132. The molecule has 11 nitrogen and oxygen atoms in total. The number of piperidine rings is 1. The largest absolute Gasteiger partial charge is 0.490 e. The minimum Gasteiger partial charge on any atom is -0.490 e. The van der Waals surface area contributed by atoms with Crippen LogP contribution in [-0.4, -0.2) is 39.6 Å². The molecule has 1 aliphatic heterocycles. The topological polar surface area (TPSA) is 154 Å². The first-order valence-corrected chi connectivity index (χ1v) is 12.6. The summed E-state index contributed by atoms with van der Waals surface area (Å²) in [7, 11) is 0. The van der Waals surface area contributed by atoms with Crippen LogP contribution in [0.1, 0.15) is 24.0 Å². The maximum absolute atomic E-state index is 9.10. The van der Waals surface area contributed by atoms with Crippen molar-refractivity contribution < 1.29 is 9.47 Å². The van der Waals surface area contributed by atoms with Crippen molar-refractivity contribution in [2.75, 3.05) is 25.0 Å². The van der Waals surface area contributed by atoms with Crippen molar-refractivity contribution in [3.05, 3.63) is 78.2 Å². The van der Waals surface area contributed by atoms with Gasteiger partial charge in [-0.2, -0.15) is 10.2 Å². The first-order chi connectivity index (χ1) is 19.2. The van der Waals surface area contributed by atoms with Crippen LogP contribution in [0.15, 0.2) is 72.2 Å². The maximum atomic E-state index is 9.10. The molecule has 0 saturated carbocycles. The van der Waals surface area contributed by atoms with Crippen molar-refractivity contribution in [2.45, 2.75) is 19.4 Å². The van der Waals surface area contributed by atoms with Gasteiger partial charge in [0.2, 0.25) is 11.7 Å². The van der Waals surface area contributed by atoms with Crippen LogP contribution in [0.3, 0.4) is 0 Å². The van der Waals surface area contributed by atoms with E-state index in [4.69, 9.17) is 20.3 Å². The van der Waals surface area contributed by atoms with E-state index in [1.165, 1.54) is 6.20 Å². The average Bonchev–Trinajstić information content (AvgIpc) is 3.00. The Hall–Kier alpha value is -4.95. The monoisotopic (exact) mass is 521 g/mol. The molecule has 5 rings (SSSR count). The number of hydrogen-bond acceptors (Lipinski definition) is 11. The lowest BCUT2D eigenvalue weighted by Crippen LogP contribution is -2.30. The Morgan fingerprint density at radius 3 is 2.64 bits per heavy atom. The van der Waals surface area contributed by atoms with Crippen molar-refractivity contribution >= 4 is 11.6 Å². The van der Waals surface area contributed by atoms with E-state index >= 15 is 0 Å². The van der Waals surface area contributed by atoms with E-state index in [9.17, 15) is 0 Å². The Balaban J connectivity index is 1.23. The van der Waals surface area contributed by atoms with E-state index in [1.807, 2.05) is 24.3 Å². The molecule has 3 heterocycles. The van der Waals surface area contributed by atoms with Gasteiger partial charge in [0, 0.05) is 12.1 Å². The SMILES string of the molecule is N#Cc1cccc(Oc2cnc(N=N)c(NCc3cccc(-c4ncc(OCC5CCNCC5)cn4)c3)n2)c1. The highest BCUT2D eigenvalue weighted by Crippen LogP contribution is 2.27. The van der Waals surface area contributed by atoms with Gasteiger partial charge in [0.1, 0.15) is 5.75 Å². The predicted octanol–water partition coefficient (Wildman–Crippen LogP) is 5.25. The lowest BCUT2D eigenvalue weighted by atomic mass is 9.99. The highest BCUT2D eigenvalue weighted by Gasteiger charge is 2.14. The molecule has 1 fully saturated rings. The van der Waals surface area contributed by atoms with Crippen LogP contribution in [0.4, 0.5) is 11.6 Å². The van der Waals surface area contributed by atoms with E-state index < -0.39 is 0 Å². The molecular weight excluding hydrogens is 494 g/mol. The first kappa shape index (κ1) is 25.7. The molecule has 0 amide bonds. The Kier molecular flexibility index (Phi) is 8.25. The molecule has 1 aliphatic rings. The molecule has 4 aromatic rings. The van der Waals surface area contributed by atoms with Crippen LogP contribution in [0, 0.1) is 22.8 Å². The molecule has 2 aromatic heterocycles.